The molecule has 0 amide bonds. The van der Waals surface area contributed by atoms with E-state index in [4.69, 9.17) is 4.74 Å². The summed E-state index contributed by atoms with van der Waals surface area (Å²) in [5, 5.41) is 10.1. The van der Waals surface area contributed by atoms with Crippen molar-refractivity contribution in [1.29, 1.82) is 0 Å². The summed E-state index contributed by atoms with van der Waals surface area (Å²) in [7, 11) is 0. The maximum absolute atomic E-state index is 10.1. The molecule has 1 aliphatic heterocycles. The second-order valence-corrected chi connectivity index (χ2v) is 5.48. The molecule has 2 atom stereocenters. The van der Waals surface area contributed by atoms with Gasteiger partial charge < -0.3 is 9.84 Å². The third kappa shape index (κ3) is 2.35. The van der Waals surface area contributed by atoms with Gasteiger partial charge in [-0.1, -0.05) is 12.8 Å². The van der Waals surface area contributed by atoms with Crippen molar-refractivity contribution < 1.29 is 9.84 Å². The van der Waals surface area contributed by atoms with E-state index >= 15 is 0 Å². The zero-order valence-electron chi connectivity index (χ0n) is 9.91. The first-order valence-electron chi connectivity index (χ1n) is 6.14. The van der Waals surface area contributed by atoms with Gasteiger partial charge in [-0.05, 0) is 26.7 Å². The van der Waals surface area contributed by atoms with Crippen molar-refractivity contribution in [3.8, 4) is 0 Å². The second-order valence-electron chi connectivity index (χ2n) is 5.48. The molecule has 1 heterocycles. The van der Waals surface area contributed by atoms with Crippen molar-refractivity contribution >= 4 is 0 Å². The van der Waals surface area contributed by atoms with Crippen molar-refractivity contribution in [2.75, 3.05) is 19.8 Å². The maximum atomic E-state index is 10.1. The molecule has 1 aliphatic carbocycles. The first-order chi connectivity index (χ1) is 7.11. The summed E-state index contributed by atoms with van der Waals surface area (Å²) in [5.41, 5.74) is 0.0846. The van der Waals surface area contributed by atoms with Gasteiger partial charge >= 0.3 is 0 Å². The molecule has 0 spiro atoms. The van der Waals surface area contributed by atoms with Crippen LogP contribution in [0.25, 0.3) is 0 Å². The van der Waals surface area contributed by atoms with Crippen molar-refractivity contribution in [3.05, 3.63) is 0 Å². The fraction of sp³-hybridized carbons (Fsp3) is 1.00. The van der Waals surface area contributed by atoms with Crippen LogP contribution in [0.5, 0.6) is 0 Å². The van der Waals surface area contributed by atoms with Gasteiger partial charge in [0.1, 0.15) is 0 Å². The molecule has 2 rings (SSSR count). The highest BCUT2D eigenvalue weighted by Gasteiger charge is 2.39. The lowest BCUT2D eigenvalue weighted by molar-refractivity contribution is -0.105. The Balaban J connectivity index is 2.06. The van der Waals surface area contributed by atoms with E-state index in [9.17, 15) is 5.11 Å². The van der Waals surface area contributed by atoms with E-state index in [2.05, 4.69) is 18.7 Å². The van der Waals surface area contributed by atoms with Gasteiger partial charge in [0, 0.05) is 18.1 Å². The smallest absolute Gasteiger partial charge is 0.0695 e. The fourth-order valence-electron chi connectivity index (χ4n) is 2.94. The van der Waals surface area contributed by atoms with E-state index in [1.165, 1.54) is 12.8 Å². The molecule has 1 saturated heterocycles. The molecular formula is C12H23NO2. The van der Waals surface area contributed by atoms with Crippen molar-refractivity contribution in [2.45, 2.75) is 57.2 Å². The third-order valence-corrected chi connectivity index (χ3v) is 3.80. The van der Waals surface area contributed by atoms with Crippen molar-refractivity contribution in [3.63, 3.8) is 0 Å². The van der Waals surface area contributed by atoms with Gasteiger partial charge in [0.15, 0.2) is 0 Å². The normalized spacial score (nSPS) is 37.8. The molecule has 0 aromatic heterocycles. The minimum atomic E-state index is -0.129. The summed E-state index contributed by atoms with van der Waals surface area (Å²) in [6, 6.07) is 0.359. The van der Waals surface area contributed by atoms with Crippen molar-refractivity contribution in [2.24, 2.45) is 0 Å². The molecule has 3 nitrogen and oxygen atoms in total. The molecule has 2 aliphatic rings. The van der Waals surface area contributed by atoms with Gasteiger partial charge in [-0.2, -0.15) is 0 Å². The molecular weight excluding hydrogens is 190 g/mol. The molecule has 0 aromatic carbocycles. The highest BCUT2D eigenvalue weighted by molar-refractivity contribution is 4.93. The number of aliphatic hydroxyl groups excluding tert-OH is 1. The van der Waals surface area contributed by atoms with Crippen LogP contribution >= 0.6 is 0 Å². The molecule has 1 N–H and O–H groups in total. The minimum Gasteiger partial charge on any atom is -0.391 e. The van der Waals surface area contributed by atoms with Crippen LogP contribution in [0.3, 0.4) is 0 Å². The molecule has 0 aromatic rings. The average molecular weight is 213 g/mol. The highest BCUT2D eigenvalue weighted by atomic mass is 16.5. The van der Waals surface area contributed by atoms with Gasteiger partial charge in [0.25, 0.3) is 0 Å². The SMILES string of the molecule is CC1(C)COCCN1[C@@H]1CCCC[C@H]1O. The summed E-state index contributed by atoms with van der Waals surface area (Å²) in [5.74, 6) is 0. The number of hydrogen-bond acceptors (Lipinski definition) is 3. The van der Waals surface area contributed by atoms with Crippen LogP contribution in [0.15, 0.2) is 0 Å². The largest absolute Gasteiger partial charge is 0.391 e. The number of morpholine rings is 1. The van der Waals surface area contributed by atoms with Crippen LogP contribution in [0.2, 0.25) is 0 Å². The molecule has 88 valence electrons. The Morgan fingerprint density at radius 2 is 2.00 bits per heavy atom. The predicted molar refractivity (Wildman–Crippen MR) is 59.9 cm³/mol. The first-order valence-corrected chi connectivity index (χ1v) is 6.14. The first kappa shape index (κ1) is 11.4. The van der Waals surface area contributed by atoms with Crippen LogP contribution in [0, 0.1) is 0 Å². The fourth-order valence-corrected chi connectivity index (χ4v) is 2.94. The summed E-state index contributed by atoms with van der Waals surface area (Å²) in [6.07, 6.45) is 4.43. The van der Waals surface area contributed by atoms with E-state index in [-0.39, 0.29) is 11.6 Å². The Labute approximate surface area is 92.4 Å². The van der Waals surface area contributed by atoms with Crippen LogP contribution in [-0.2, 0) is 4.74 Å². The lowest BCUT2D eigenvalue weighted by Crippen LogP contribution is -2.60. The maximum Gasteiger partial charge on any atom is 0.0695 e. The summed E-state index contributed by atoms with van der Waals surface area (Å²) >= 11 is 0. The molecule has 0 unspecified atom stereocenters. The Morgan fingerprint density at radius 3 is 2.67 bits per heavy atom. The molecule has 3 heteroatoms. The van der Waals surface area contributed by atoms with Crippen LogP contribution in [0.1, 0.15) is 39.5 Å². The monoisotopic (exact) mass is 213 g/mol. The summed E-state index contributed by atoms with van der Waals surface area (Å²) in [4.78, 5) is 2.46. The van der Waals surface area contributed by atoms with E-state index in [0.29, 0.717) is 6.04 Å². The van der Waals surface area contributed by atoms with E-state index in [1.807, 2.05) is 0 Å². The zero-order valence-corrected chi connectivity index (χ0v) is 9.91. The Kier molecular flexibility index (Phi) is 3.33. The third-order valence-electron chi connectivity index (χ3n) is 3.80. The van der Waals surface area contributed by atoms with E-state index in [1.54, 1.807) is 0 Å². The summed E-state index contributed by atoms with van der Waals surface area (Å²) in [6.45, 7) is 7.00. The molecule has 0 bridgehead atoms. The van der Waals surface area contributed by atoms with E-state index in [0.717, 1.165) is 32.6 Å². The molecule has 2 fully saturated rings. The highest BCUT2D eigenvalue weighted by Crippen LogP contribution is 2.30. The van der Waals surface area contributed by atoms with Crippen LogP contribution in [-0.4, -0.2) is 47.4 Å². The average Bonchev–Trinajstić information content (AvgIpc) is 2.19. The van der Waals surface area contributed by atoms with Crippen LogP contribution in [0.4, 0.5) is 0 Å². The number of aliphatic hydroxyl groups is 1. The lowest BCUT2D eigenvalue weighted by Gasteiger charge is -2.49. The Bertz CT molecular complexity index is 218. The number of rotatable bonds is 1. The van der Waals surface area contributed by atoms with Gasteiger partial charge in [-0.15, -0.1) is 0 Å². The zero-order chi connectivity index (χ0) is 10.9. The Morgan fingerprint density at radius 1 is 1.27 bits per heavy atom. The Hall–Kier alpha value is -0.120. The topological polar surface area (TPSA) is 32.7 Å². The molecule has 0 radical (unpaired) electrons. The minimum absolute atomic E-state index is 0.0846. The van der Waals surface area contributed by atoms with Gasteiger partial charge in [0.05, 0.1) is 19.3 Å². The van der Waals surface area contributed by atoms with Crippen molar-refractivity contribution in [1.82, 2.24) is 4.90 Å². The molecule has 15 heavy (non-hydrogen) atoms. The van der Waals surface area contributed by atoms with E-state index < -0.39 is 0 Å². The lowest BCUT2D eigenvalue weighted by atomic mass is 9.87. The quantitative estimate of drug-likeness (QED) is 0.714. The van der Waals surface area contributed by atoms with Gasteiger partial charge in [-0.3, -0.25) is 4.90 Å². The summed E-state index contributed by atoms with van der Waals surface area (Å²) < 4.78 is 5.52. The number of hydrogen-bond donors (Lipinski definition) is 1. The molecule has 1 saturated carbocycles. The number of nitrogens with zero attached hydrogens (tertiary/aromatic N) is 1. The predicted octanol–water partition coefficient (Wildman–Crippen LogP) is 1.40. The van der Waals surface area contributed by atoms with Gasteiger partial charge in [0.2, 0.25) is 0 Å². The number of ether oxygens (including phenoxy) is 1. The second kappa shape index (κ2) is 4.40. The van der Waals surface area contributed by atoms with Crippen LogP contribution < -0.4 is 0 Å². The van der Waals surface area contributed by atoms with Gasteiger partial charge in [-0.25, -0.2) is 0 Å². The standard InChI is InChI=1S/C12H23NO2/c1-12(2)9-15-8-7-13(12)10-5-3-4-6-11(10)14/h10-11,14H,3-9H2,1-2H3/t10-,11-/m1/s1.